The van der Waals surface area contributed by atoms with Crippen molar-refractivity contribution in [1.82, 2.24) is 15.5 Å². The van der Waals surface area contributed by atoms with E-state index in [0.717, 1.165) is 6.54 Å². The number of aromatic nitrogens is 2. The highest BCUT2D eigenvalue weighted by atomic mass is 32.1. The second-order valence-electron chi connectivity index (χ2n) is 5.52. The molecule has 0 atom stereocenters. The summed E-state index contributed by atoms with van der Waals surface area (Å²) in [6.07, 6.45) is 0. The SMILES string of the molecule is CN(Cc1cccs1)c1nnc(CNC(C)(C)C)o1. The van der Waals surface area contributed by atoms with Crippen molar-refractivity contribution >= 4 is 17.4 Å². The smallest absolute Gasteiger partial charge is 0.318 e. The van der Waals surface area contributed by atoms with Gasteiger partial charge >= 0.3 is 6.01 Å². The molecule has 0 spiro atoms. The summed E-state index contributed by atoms with van der Waals surface area (Å²) in [6, 6.07) is 4.69. The molecule has 0 fully saturated rings. The monoisotopic (exact) mass is 280 g/mol. The number of rotatable bonds is 5. The van der Waals surface area contributed by atoms with Gasteiger partial charge in [0, 0.05) is 17.5 Å². The van der Waals surface area contributed by atoms with Gasteiger partial charge < -0.3 is 14.6 Å². The molecular weight excluding hydrogens is 260 g/mol. The van der Waals surface area contributed by atoms with E-state index in [1.54, 1.807) is 11.3 Å². The summed E-state index contributed by atoms with van der Waals surface area (Å²) in [7, 11) is 1.95. The molecule has 2 rings (SSSR count). The van der Waals surface area contributed by atoms with E-state index in [2.05, 4.69) is 47.7 Å². The van der Waals surface area contributed by atoms with Crippen molar-refractivity contribution in [2.75, 3.05) is 11.9 Å². The van der Waals surface area contributed by atoms with Gasteiger partial charge in [0.2, 0.25) is 5.89 Å². The fourth-order valence-corrected chi connectivity index (χ4v) is 2.27. The van der Waals surface area contributed by atoms with Gasteiger partial charge in [0.1, 0.15) is 0 Å². The van der Waals surface area contributed by atoms with Crippen LogP contribution in [0.4, 0.5) is 6.01 Å². The van der Waals surface area contributed by atoms with E-state index in [9.17, 15) is 0 Å². The fraction of sp³-hybridized carbons (Fsp3) is 0.538. The number of nitrogens with one attached hydrogen (secondary N) is 1. The molecule has 0 radical (unpaired) electrons. The van der Waals surface area contributed by atoms with Gasteiger partial charge in [0.15, 0.2) is 0 Å². The molecule has 2 aromatic rings. The third-order valence-corrected chi connectivity index (χ3v) is 3.39. The highest BCUT2D eigenvalue weighted by Crippen LogP contribution is 2.17. The molecule has 0 unspecified atom stereocenters. The van der Waals surface area contributed by atoms with E-state index in [4.69, 9.17) is 4.42 Å². The standard InChI is InChI=1S/C13H20N4OS/c1-13(2,3)14-8-11-15-16-12(18-11)17(4)9-10-6-5-7-19-10/h5-7,14H,8-9H2,1-4H3. The number of nitrogens with zero attached hydrogens (tertiary/aromatic N) is 3. The molecule has 104 valence electrons. The first-order chi connectivity index (χ1) is 8.94. The Morgan fingerprint density at radius 2 is 2.16 bits per heavy atom. The van der Waals surface area contributed by atoms with E-state index in [0.29, 0.717) is 18.5 Å². The Morgan fingerprint density at radius 1 is 1.37 bits per heavy atom. The Hall–Kier alpha value is -1.40. The van der Waals surface area contributed by atoms with Crippen molar-refractivity contribution in [2.45, 2.75) is 39.4 Å². The van der Waals surface area contributed by atoms with Gasteiger partial charge in [-0.2, -0.15) is 0 Å². The van der Waals surface area contributed by atoms with Gasteiger partial charge in [0.25, 0.3) is 0 Å². The average molecular weight is 280 g/mol. The molecule has 0 aliphatic heterocycles. The van der Waals surface area contributed by atoms with Crippen molar-refractivity contribution in [3.63, 3.8) is 0 Å². The number of hydrogen-bond donors (Lipinski definition) is 1. The zero-order valence-electron chi connectivity index (χ0n) is 11.8. The largest absolute Gasteiger partial charge is 0.407 e. The highest BCUT2D eigenvalue weighted by molar-refractivity contribution is 7.09. The van der Waals surface area contributed by atoms with Crippen LogP contribution in [0.15, 0.2) is 21.9 Å². The van der Waals surface area contributed by atoms with E-state index >= 15 is 0 Å². The molecule has 19 heavy (non-hydrogen) atoms. The van der Waals surface area contributed by atoms with Crippen LogP contribution in [0, 0.1) is 0 Å². The Labute approximate surface area is 117 Å². The Kier molecular flexibility index (Phi) is 4.21. The Bertz CT molecular complexity index is 501. The van der Waals surface area contributed by atoms with Gasteiger partial charge in [-0.05, 0) is 32.2 Å². The summed E-state index contributed by atoms with van der Waals surface area (Å²) in [4.78, 5) is 3.23. The van der Waals surface area contributed by atoms with Crippen molar-refractivity contribution in [2.24, 2.45) is 0 Å². The molecule has 0 bridgehead atoms. The number of thiophene rings is 1. The van der Waals surface area contributed by atoms with E-state index in [-0.39, 0.29) is 5.54 Å². The topological polar surface area (TPSA) is 54.2 Å². The first-order valence-corrected chi connectivity index (χ1v) is 7.13. The van der Waals surface area contributed by atoms with Crippen LogP contribution in [0.2, 0.25) is 0 Å². The van der Waals surface area contributed by atoms with Crippen LogP contribution in [-0.2, 0) is 13.1 Å². The predicted octanol–water partition coefficient (Wildman–Crippen LogP) is 2.66. The van der Waals surface area contributed by atoms with Gasteiger partial charge in [-0.25, -0.2) is 0 Å². The van der Waals surface area contributed by atoms with Crippen LogP contribution in [0.3, 0.4) is 0 Å². The van der Waals surface area contributed by atoms with Gasteiger partial charge in [-0.1, -0.05) is 11.2 Å². The van der Waals surface area contributed by atoms with Crippen molar-refractivity contribution in [1.29, 1.82) is 0 Å². The zero-order valence-corrected chi connectivity index (χ0v) is 12.6. The summed E-state index contributed by atoms with van der Waals surface area (Å²) in [5.41, 5.74) is 0.0392. The molecule has 0 saturated carbocycles. The minimum Gasteiger partial charge on any atom is -0.407 e. The van der Waals surface area contributed by atoms with Crippen LogP contribution in [-0.4, -0.2) is 22.8 Å². The third kappa shape index (κ3) is 4.33. The molecule has 0 saturated heterocycles. The second kappa shape index (κ2) is 5.71. The van der Waals surface area contributed by atoms with E-state index in [1.807, 2.05) is 18.0 Å². The van der Waals surface area contributed by atoms with E-state index in [1.165, 1.54) is 4.88 Å². The Balaban J connectivity index is 1.92. The van der Waals surface area contributed by atoms with Crippen LogP contribution in [0.25, 0.3) is 0 Å². The zero-order chi connectivity index (χ0) is 13.9. The lowest BCUT2D eigenvalue weighted by molar-refractivity contribution is 0.381. The van der Waals surface area contributed by atoms with Crippen molar-refractivity contribution < 1.29 is 4.42 Å². The minimum absolute atomic E-state index is 0.0392. The van der Waals surface area contributed by atoms with Gasteiger partial charge in [-0.15, -0.1) is 16.4 Å². The molecule has 0 amide bonds. The first-order valence-electron chi connectivity index (χ1n) is 6.25. The molecule has 2 aromatic heterocycles. The molecule has 0 aromatic carbocycles. The number of anilines is 1. The summed E-state index contributed by atoms with van der Waals surface area (Å²) < 4.78 is 5.64. The molecule has 2 heterocycles. The summed E-state index contributed by atoms with van der Waals surface area (Å²) >= 11 is 1.72. The molecule has 1 N–H and O–H groups in total. The maximum Gasteiger partial charge on any atom is 0.318 e. The molecule has 5 nitrogen and oxygen atoms in total. The molecule has 0 aliphatic rings. The second-order valence-corrected chi connectivity index (χ2v) is 6.55. The maximum absolute atomic E-state index is 5.64. The number of hydrogen-bond acceptors (Lipinski definition) is 6. The normalized spacial score (nSPS) is 11.8. The van der Waals surface area contributed by atoms with Crippen LogP contribution in [0.1, 0.15) is 31.5 Å². The van der Waals surface area contributed by atoms with Crippen LogP contribution < -0.4 is 10.2 Å². The lowest BCUT2D eigenvalue weighted by Gasteiger charge is -2.18. The van der Waals surface area contributed by atoms with Crippen molar-refractivity contribution in [3.05, 3.63) is 28.3 Å². The average Bonchev–Trinajstić information content (AvgIpc) is 2.95. The van der Waals surface area contributed by atoms with Gasteiger partial charge in [0.05, 0.1) is 13.1 Å². The third-order valence-electron chi connectivity index (χ3n) is 2.53. The highest BCUT2D eigenvalue weighted by Gasteiger charge is 2.14. The summed E-state index contributed by atoms with van der Waals surface area (Å²) in [5.74, 6) is 0.614. The van der Waals surface area contributed by atoms with Crippen LogP contribution >= 0.6 is 11.3 Å². The fourth-order valence-electron chi connectivity index (χ4n) is 1.52. The van der Waals surface area contributed by atoms with Crippen LogP contribution in [0.5, 0.6) is 0 Å². The van der Waals surface area contributed by atoms with Crippen molar-refractivity contribution in [3.8, 4) is 0 Å². The summed E-state index contributed by atoms with van der Waals surface area (Å²) in [6.45, 7) is 7.68. The Morgan fingerprint density at radius 3 is 2.79 bits per heavy atom. The predicted molar refractivity (Wildman–Crippen MR) is 77.3 cm³/mol. The first kappa shape index (κ1) is 14.0. The quantitative estimate of drug-likeness (QED) is 0.912. The van der Waals surface area contributed by atoms with Gasteiger partial charge in [-0.3, -0.25) is 0 Å². The van der Waals surface area contributed by atoms with E-state index < -0.39 is 0 Å². The molecule has 6 heteroatoms. The summed E-state index contributed by atoms with van der Waals surface area (Å²) in [5, 5.41) is 13.5. The lowest BCUT2D eigenvalue weighted by atomic mass is 10.1. The lowest BCUT2D eigenvalue weighted by Crippen LogP contribution is -2.35. The maximum atomic E-state index is 5.64. The minimum atomic E-state index is 0.0392. The molecular formula is C13H20N4OS. The molecule has 0 aliphatic carbocycles.